The molecule has 1 aliphatic rings. The van der Waals surface area contributed by atoms with E-state index in [1.54, 1.807) is 0 Å². The van der Waals surface area contributed by atoms with Gasteiger partial charge in [-0.1, -0.05) is 13.3 Å². The predicted molar refractivity (Wildman–Crippen MR) is 66.4 cm³/mol. The molecule has 3 heteroatoms. The van der Waals surface area contributed by atoms with Crippen LogP contribution in [0.2, 0.25) is 0 Å². The summed E-state index contributed by atoms with van der Waals surface area (Å²) in [6, 6.07) is 0.731. The Morgan fingerprint density at radius 1 is 1.44 bits per heavy atom. The van der Waals surface area contributed by atoms with Crippen molar-refractivity contribution in [2.24, 2.45) is 5.92 Å². The Hall–Kier alpha value is -0.830. The molecule has 0 aromatic carbocycles. The SMILES string of the molecule is CCNC1CCCC1Cc1cnn(CC)c1. The minimum atomic E-state index is 0.731. The lowest BCUT2D eigenvalue weighted by atomic mass is 9.96. The molecule has 16 heavy (non-hydrogen) atoms. The Labute approximate surface area is 98.2 Å². The lowest BCUT2D eigenvalue weighted by Gasteiger charge is -2.19. The first-order valence-electron chi connectivity index (χ1n) is 6.58. The molecule has 1 saturated carbocycles. The van der Waals surface area contributed by atoms with E-state index in [1.807, 2.05) is 10.9 Å². The Kier molecular flexibility index (Phi) is 3.99. The van der Waals surface area contributed by atoms with Crippen molar-refractivity contribution >= 4 is 0 Å². The number of aryl methyl sites for hydroxylation is 1. The Bertz CT molecular complexity index is 319. The van der Waals surface area contributed by atoms with Crippen molar-refractivity contribution in [1.29, 1.82) is 0 Å². The standard InChI is InChI=1S/C13H23N3/c1-3-14-13-7-5-6-12(13)8-11-9-15-16(4-2)10-11/h9-10,12-14H,3-8H2,1-2H3. The second-order valence-corrected chi connectivity index (χ2v) is 4.76. The van der Waals surface area contributed by atoms with E-state index < -0.39 is 0 Å². The average molecular weight is 221 g/mol. The first-order chi connectivity index (χ1) is 7.83. The highest BCUT2D eigenvalue weighted by Gasteiger charge is 2.26. The van der Waals surface area contributed by atoms with Crippen molar-refractivity contribution < 1.29 is 0 Å². The van der Waals surface area contributed by atoms with Gasteiger partial charge in [-0.15, -0.1) is 0 Å². The predicted octanol–water partition coefficient (Wildman–Crippen LogP) is 2.22. The smallest absolute Gasteiger partial charge is 0.0521 e. The maximum atomic E-state index is 4.34. The lowest BCUT2D eigenvalue weighted by molar-refractivity contribution is 0.406. The van der Waals surface area contributed by atoms with Gasteiger partial charge in [0.25, 0.3) is 0 Å². The molecule has 2 atom stereocenters. The number of aromatic nitrogens is 2. The summed E-state index contributed by atoms with van der Waals surface area (Å²) in [7, 11) is 0. The van der Waals surface area contributed by atoms with Crippen LogP contribution in [-0.4, -0.2) is 22.4 Å². The number of nitrogens with zero attached hydrogens (tertiary/aromatic N) is 2. The van der Waals surface area contributed by atoms with E-state index in [9.17, 15) is 0 Å². The van der Waals surface area contributed by atoms with Crippen LogP contribution in [0, 0.1) is 5.92 Å². The molecule has 0 saturated heterocycles. The highest BCUT2D eigenvalue weighted by atomic mass is 15.3. The number of hydrogen-bond acceptors (Lipinski definition) is 2. The Morgan fingerprint density at radius 2 is 2.31 bits per heavy atom. The molecule has 1 fully saturated rings. The van der Waals surface area contributed by atoms with Crippen molar-refractivity contribution in [2.45, 2.75) is 52.1 Å². The van der Waals surface area contributed by atoms with Gasteiger partial charge in [0.2, 0.25) is 0 Å². The quantitative estimate of drug-likeness (QED) is 0.826. The maximum Gasteiger partial charge on any atom is 0.0521 e. The molecular formula is C13H23N3. The zero-order valence-corrected chi connectivity index (χ0v) is 10.4. The van der Waals surface area contributed by atoms with Crippen LogP contribution in [0.25, 0.3) is 0 Å². The molecule has 3 nitrogen and oxygen atoms in total. The van der Waals surface area contributed by atoms with Crippen LogP contribution >= 0.6 is 0 Å². The number of hydrogen-bond donors (Lipinski definition) is 1. The fraction of sp³-hybridized carbons (Fsp3) is 0.769. The lowest BCUT2D eigenvalue weighted by Crippen LogP contribution is -2.33. The molecule has 1 aromatic heterocycles. The van der Waals surface area contributed by atoms with Crippen LogP contribution < -0.4 is 5.32 Å². The van der Waals surface area contributed by atoms with Crippen LogP contribution in [-0.2, 0) is 13.0 Å². The van der Waals surface area contributed by atoms with Gasteiger partial charge >= 0.3 is 0 Å². The van der Waals surface area contributed by atoms with Gasteiger partial charge in [-0.05, 0) is 44.2 Å². The highest BCUT2D eigenvalue weighted by Crippen LogP contribution is 2.28. The van der Waals surface area contributed by atoms with Crippen LogP contribution in [0.3, 0.4) is 0 Å². The third-order valence-electron chi connectivity index (χ3n) is 3.63. The van der Waals surface area contributed by atoms with E-state index in [1.165, 1.54) is 31.2 Å². The summed E-state index contributed by atoms with van der Waals surface area (Å²) in [6.45, 7) is 6.40. The molecule has 0 spiro atoms. The van der Waals surface area contributed by atoms with Crippen LogP contribution in [0.4, 0.5) is 0 Å². The third-order valence-corrected chi connectivity index (χ3v) is 3.63. The molecule has 1 aromatic rings. The van der Waals surface area contributed by atoms with Crippen LogP contribution in [0.1, 0.15) is 38.7 Å². The summed E-state index contributed by atoms with van der Waals surface area (Å²) in [5, 5.41) is 7.95. The summed E-state index contributed by atoms with van der Waals surface area (Å²) >= 11 is 0. The van der Waals surface area contributed by atoms with Gasteiger partial charge in [0, 0.05) is 18.8 Å². The molecule has 1 N–H and O–H groups in total. The zero-order chi connectivity index (χ0) is 11.4. The van der Waals surface area contributed by atoms with Crippen molar-refractivity contribution in [3.63, 3.8) is 0 Å². The minimum absolute atomic E-state index is 0.731. The van der Waals surface area contributed by atoms with Crippen molar-refractivity contribution in [1.82, 2.24) is 15.1 Å². The van der Waals surface area contributed by atoms with E-state index >= 15 is 0 Å². The van der Waals surface area contributed by atoms with Gasteiger partial charge < -0.3 is 5.32 Å². The van der Waals surface area contributed by atoms with Crippen LogP contribution in [0.5, 0.6) is 0 Å². The Morgan fingerprint density at radius 3 is 3.00 bits per heavy atom. The molecule has 90 valence electrons. The van der Waals surface area contributed by atoms with Gasteiger partial charge in [-0.25, -0.2) is 0 Å². The van der Waals surface area contributed by atoms with Crippen molar-refractivity contribution in [3.8, 4) is 0 Å². The largest absolute Gasteiger partial charge is 0.314 e. The zero-order valence-electron chi connectivity index (χ0n) is 10.4. The van der Waals surface area contributed by atoms with E-state index in [0.29, 0.717) is 0 Å². The molecule has 2 rings (SSSR count). The molecule has 2 unspecified atom stereocenters. The first kappa shape index (κ1) is 11.6. The van der Waals surface area contributed by atoms with E-state index in [4.69, 9.17) is 0 Å². The van der Waals surface area contributed by atoms with Gasteiger partial charge in [0.15, 0.2) is 0 Å². The Balaban J connectivity index is 1.92. The third kappa shape index (κ3) is 2.64. The normalized spacial score (nSPS) is 25.1. The second kappa shape index (κ2) is 5.48. The number of rotatable bonds is 5. The van der Waals surface area contributed by atoms with Gasteiger partial charge in [-0.3, -0.25) is 4.68 Å². The van der Waals surface area contributed by atoms with E-state index in [2.05, 4.69) is 30.5 Å². The molecule has 0 bridgehead atoms. The van der Waals surface area contributed by atoms with Crippen LogP contribution in [0.15, 0.2) is 12.4 Å². The second-order valence-electron chi connectivity index (χ2n) is 4.76. The van der Waals surface area contributed by atoms with Crippen molar-refractivity contribution in [3.05, 3.63) is 18.0 Å². The molecular weight excluding hydrogens is 198 g/mol. The number of nitrogens with one attached hydrogen (secondary N) is 1. The molecule has 1 heterocycles. The summed E-state index contributed by atoms with van der Waals surface area (Å²) in [5.41, 5.74) is 1.40. The summed E-state index contributed by atoms with van der Waals surface area (Å²) in [5.74, 6) is 0.814. The average Bonchev–Trinajstić information content (AvgIpc) is 2.90. The monoisotopic (exact) mass is 221 g/mol. The fourth-order valence-electron chi connectivity index (χ4n) is 2.80. The summed E-state index contributed by atoms with van der Waals surface area (Å²) in [4.78, 5) is 0. The molecule has 1 aliphatic carbocycles. The maximum absolute atomic E-state index is 4.34. The first-order valence-corrected chi connectivity index (χ1v) is 6.58. The van der Waals surface area contributed by atoms with E-state index in [0.717, 1.165) is 25.0 Å². The molecule has 0 aliphatic heterocycles. The topological polar surface area (TPSA) is 29.9 Å². The fourth-order valence-corrected chi connectivity index (χ4v) is 2.80. The van der Waals surface area contributed by atoms with Gasteiger partial charge in [0.1, 0.15) is 0 Å². The molecule has 0 radical (unpaired) electrons. The van der Waals surface area contributed by atoms with Crippen molar-refractivity contribution in [2.75, 3.05) is 6.54 Å². The minimum Gasteiger partial charge on any atom is -0.314 e. The highest BCUT2D eigenvalue weighted by molar-refractivity contribution is 5.06. The molecule has 0 amide bonds. The van der Waals surface area contributed by atoms with E-state index in [-0.39, 0.29) is 0 Å². The summed E-state index contributed by atoms with van der Waals surface area (Å²) < 4.78 is 2.02. The van der Waals surface area contributed by atoms with Gasteiger partial charge in [0.05, 0.1) is 6.20 Å². The summed E-state index contributed by atoms with van der Waals surface area (Å²) in [6.07, 6.45) is 9.52. The van der Waals surface area contributed by atoms with Gasteiger partial charge in [-0.2, -0.15) is 5.10 Å².